The largest absolute Gasteiger partial charge is 0.870 e. The molecule has 1 rings (SSSR count). The first-order valence-electron chi connectivity index (χ1n) is 2.62. The Bertz CT molecular complexity index is 150. The van der Waals surface area contributed by atoms with Crippen LogP contribution in [0.25, 0.3) is 0 Å². The molecule has 0 spiro atoms. The molecule has 0 aliphatic heterocycles. The van der Waals surface area contributed by atoms with Crippen molar-refractivity contribution in [1.29, 1.82) is 0 Å². The van der Waals surface area contributed by atoms with Crippen LogP contribution in [0.3, 0.4) is 0 Å². The molecule has 0 aromatic heterocycles. The summed E-state index contributed by atoms with van der Waals surface area (Å²) >= 11 is 3.40. The first-order chi connectivity index (χ1) is 3.93. The van der Waals surface area contributed by atoms with Crippen molar-refractivity contribution in [1.82, 2.24) is 0 Å². The number of hydrogen-bond acceptors (Lipinski definition) is 1. The van der Waals surface area contributed by atoms with Crippen molar-refractivity contribution < 1.29 is 5.48 Å². The highest BCUT2D eigenvalue weighted by molar-refractivity contribution is 7.57. The smallest absolute Gasteiger partial charge is 0.128 e. The topological polar surface area (TPSA) is 30.0 Å². The van der Waals surface area contributed by atoms with Crippen LogP contribution in [-0.4, -0.2) is 5.48 Å². The molecular weight excluding hydrogens is 132 g/mol. The normalized spacial score (nSPS) is 8.11. The zero-order valence-electron chi connectivity index (χ0n) is 5.04. The van der Waals surface area contributed by atoms with E-state index in [1.165, 1.54) is 5.56 Å². The molecule has 0 amide bonds. The molecule has 1 aromatic rings. The van der Waals surface area contributed by atoms with Gasteiger partial charge in [-0.1, -0.05) is 30.3 Å². The minimum absolute atomic E-state index is 0. The van der Waals surface area contributed by atoms with E-state index in [1.54, 1.807) is 0 Å². The summed E-state index contributed by atoms with van der Waals surface area (Å²) in [5.74, 6) is 0.945. The molecule has 50 valence electrons. The minimum atomic E-state index is 0. The Morgan fingerprint density at radius 1 is 1.11 bits per heavy atom. The fourth-order valence-electron chi connectivity index (χ4n) is 0.596. The van der Waals surface area contributed by atoms with Gasteiger partial charge in [-0.3, -0.25) is 0 Å². The second-order valence-corrected chi connectivity index (χ2v) is 2.02. The van der Waals surface area contributed by atoms with Crippen molar-refractivity contribution in [2.45, 2.75) is 5.75 Å². The first kappa shape index (κ1) is 8.53. The summed E-state index contributed by atoms with van der Waals surface area (Å²) in [7, 11) is 0. The van der Waals surface area contributed by atoms with Gasteiger partial charge in [-0.2, -0.15) is 0 Å². The third kappa shape index (κ3) is 2.54. The first-order valence-corrected chi connectivity index (χ1v) is 3.32. The predicted octanol–water partition coefficient (Wildman–Crippen LogP) is 1.02. The van der Waals surface area contributed by atoms with E-state index >= 15 is 0 Å². The molecule has 1 N–H and O–H groups in total. The van der Waals surface area contributed by atoms with E-state index in [0.29, 0.717) is 0 Å². The lowest BCUT2D eigenvalue weighted by atomic mass is 10.2. The van der Waals surface area contributed by atoms with Crippen LogP contribution >= 0.6 is 0 Å². The molecule has 9 heavy (non-hydrogen) atoms. The Hall–Kier alpha value is -0.470. The fourth-order valence-corrected chi connectivity index (χ4v) is 0.832. The third-order valence-electron chi connectivity index (χ3n) is 1.05. The zero-order chi connectivity index (χ0) is 5.82. The van der Waals surface area contributed by atoms with E-state index < -0.39 is 0 Å². The summed E-state index contributed by atoms with van der Waals surface area (Å²) in [6.07, 6.45) is 0. The second-order valence-electron chi connectivity index (χ2n) is 1.66. The Morgan fingerprint density at radius 3 is 2.00 bits per heavy atom. The van der Waals surface area contributed by atoms with Gasteiger partial charge < -0.3 is 5.48 Å². The average Bonchev–Trinajstić information content (AvgIpc) is 1.90. The van der Waals surface area contributed by atoms with Crippen molar-refractivity contribution in [2.75, 3.05) is 0 Å². The van der Waals surface area contributed by atoms with Crippen LogP contribution in [-0.2, 0) is 18.4 Å². The third-order valence-corrected chi connectivity index (χ3v) is 1.46. The van der Waals surface area contributed by atoms with E-state index in [2.05, 4.69) is 24.8 Å². The fraction of sp³-hybridized carbons (Fsp3) is 0.143. The maximum atomic E-state index is 3.40. The maximum absolute atomic E-state index is 3.40. The summed E-state index contributed by atoms with van der Waals surface area (Å²) in [5.41, 5.74) is 1.32. The van der Waals surface area contributed by atoms with Gasteiger partial charge in [0.1, 0.15) is 5.75 Å². The summed E-state index contributed by atoms with van der Waals surface area (Å²) in [6, 6.07) is 10.3. The molecule has 2 heteroatoms. The van der Waals surface area contributed by atoms with Crippen LogP contribution in [0.2, 0.25) is 0 Å². The van der Waals surface area contributed by atoms with Gasteiger partial charge in [-0.05, 0) is 12.6 Å². The number of benzene rings is 1. The molecule has 0 saturated heterocycles. The highest BCUT2D eigenvalue weighted by Gasteiger charge is 1.85. The molecule has 0 radical (unpaired) electrons. The number of rotatable bonds is 1. The van der Waals surface area contributed by atoms with Crippen LogP contribution in [0.15, 0.2) is 30.3 Å². The van der Waals surface area contributed by atoms with Gasteiger partial charge in [0.05, 0.1) is 0 Å². The molecule has 1 nitrogen and oxygen atoms in total. The van der Waals surface area contributed by atoms with Crippen LogP contribution in [0.1, 0.15) is 5.56 Å². The summed E-state index contributed by atoms with van der Waals surface area (Å²) in [5, 5.41) is 0. The molecule has 0 bridgehead atoms. The van der Waals surface area contributed by atoms with Gasteiger partial charge in [0.2, 0.25) is 0 Å². The maximum Gasteiger partial charge on any atom is 0.128 e. The van der Waals surface area contributed by atoms with Crippen molar-refractivity contribution in [3.05, 3.63) is 35.9 Å². The van der Waals surface area contributed by atoms with Crippen molar-refractivity contribution in [2.24, 2.45) is 0 Å². The molecule has 1 aromatic carbocycles. The lowest BCUT2D eigenvalue weighted by Gasteiger charge is -1.85. The van der Waals surface area contributed by atoms with Gasteiger partial charge in [0, 0.05) is 5.56 Å². The van der Waals surface area contributed by atoms with Gasteiger partial charge >= 0.3 is 0 Å². The van der Waals surface area contributed by atoms with Gasteiger partial charge in [0.15, 0.2) is 0 Å². The molecule has 0 atom stereocenters. The van der Waals surface area contributed by atoms with Crippen LogP contribution in [0, 0.1) is 0 Å². The van der Waals surface area contributed by atoms with E-state index in [9.17, 15) is 0 Å². The average molecular weight is 142 g/mol. The Balaban J connectivity index is 0.000000640. The van der Waals surface area contributed by atoms with Crippen molar-refractivity contribution in [3.8, 4) is 0 Å². The zero-order valence-corrected chi connectivity index (χ0v) is 6.04. The predicted molar refractivity (Wildman–Crippen MR) is 42.2 cm³/mol. The summed E-state index contributed by atoms with van der Waals surface area (Å²) in [4.78, 5) is 0. The lowest BCUT2D eigenvalue weighted by molar-refractivity contribution is 0.824. The quantitative estimate of drug-likeness (QED) is 0.538. The van der Waals surface area contributed by atoms with Crippen molar-refractivity contribution >= 4 is 12.6 Å². The minimum Gasteiger partial charge on any atom is -0.870 e. The van der Waals surface area contributed by atoms with Gasteiger partial charge in [-0.25, -0.2) is 0 Å². The highest BCUT2D eigenvalue weighted by atomic mass is 32.1. The summed E-state index contributed by atoms with van der Waals surface area (Å²) < 4.78 is 0. The second kappa shape index (κ2) is 4.41. The molecule has 0 heterocycles. The molecule has 0 saturated carbocycles. The molecule has 0 aliphatic rings. The Labute approximate surface area is 60.4 Å². The van der Waals surface area contributed by atoms with Crippen LogP contribution < -0.4 is 0 Å². The number of hydrogen-bond donors (Lipinski definition) is 0. The van der Waals surface area contributed by atoms with E-state index in [4.69, 9.17) is 0 Å². The summed E-state index contributed by atoms with van der Waals surface area (Å²) in [6.45, 7) is 0. The van der Waals surface area contributed by atoms with Gasteiger partial charge in [-0.15, -0.1) is 0 Å². The van der Waals surface area contributed by atoms with Crippen LogP contribution in [0.5, 0.6) is 0 Å². The van der Waals surface area contributed by atoms with E-state index in [-0.39, 0.29) is 5.48 Å². The van der Waals surface area contributed by atoms with Crippen molar-refractivity contribution in [3.63, 3.8) is 0 Å². The highest BCUT2D eigenvalue weighted by Crippen LogP contribution is 1.96. The van der Waals surface area contributed by atoms with E-state index in [0.717, 1.165) is 5.75 Å². The SMILES string of the molecule is [OH-].[SH2+]Cc1ccccc1. The molecular formula is C7H10OS. The molecule has 0 unspecified atom stereocenters. The Kier molecular flexibility index (Phi) is 4.18. The molecule has 0 aliphatic carbocycles. The lowest BCUT2D eigenvalue weighted by Crippen LogP contribution is -1.74. The standard InChI is InChI=1S/C7H8S.H2O/c8-6-7-4-2-1-3-5-7;/h1-5,8H,6H2;1H2. The van der Waals surface area contributed by atoms with Crippen LogP contribution in [0.4, 0.5) is 0 Å². The van der Waals surface area contributed by atoms with E-state index in [1.807, 2.05) is 18.2 Å². The Morgan fingerprint density at radius 2 is 1.67 bits per heavy atom. The molecule has 0 fully saturated rings. The monoisotopic (exact) mass is 142 g/mol. The van der Waals surface area contributed by atoms with Gasteiger partial charge in [0.25, 0.3) is 0 Å².